The highest BCUT2D eigenvalue weighted by molar-refractivity contribution is 7.89. The molecule has 0 aromatic heterocycles. The molecule has 1 aliphatic heterocycles. The van der Waals surface area contributed by atoms with E-state index < -0.39 is 22.0 Å². The molecule has 2 aromatic rings. The lowest BCUT2D eigenvalue weighted by atomic mass is 9.98. The number of piperidine rings is 1. The van der Waals surface area contributed by atoms with Gasteiger partial charge in [0, 0.05) is 18.8 Å². The fourth-order valence-corrected chi connectivity index (χ4v) is 4.98. The summed E-state index contributed by atoms with van der Waals surface area (Å²) in [4.78, 5) is 25.4. The number of nitrogens with zero attached hydrogens (tertiary/aromatic N) is 1. The van der Waals surface area contributed by atoms with Gasteiger partial charge < -0.3 is 15.4 Å². The summed E-state index contributed by atoms with van der Waals surface area (Å²) in [5.41, 5.74) is 0.588. The molecule has 1 aliphatic rings. The Hall–Kier alpha value is -2.91. The number of anilines is 1. The Labute approximate surface area is 182 Å². The summed E-state index contributed by atoms with van der Waals surface area (Å²) in [6.45, 7) is 2.06. The summed E-state index contributed by atoms with van der Waals surface area (Å²) < 4.78 is 32.1. The lowest BCUT2D eigenvalue weighted by molar-refractivity contribution is -0.129. The number of ether oxygens (including phenoxy) is 1. The summed E-state index contributed by atoms with van der Waals surface area (Å²) in [6.07, 6.45) is 1.15. The van der Waals surface area contributed by atoms with Crippen molar-refractivity contribution < 1.29 is 22.7 Å². The first-order valence-corrected chi connectivity index (χ1v) is 11.6. The quantitative estimate of drug-likeness (QED) is 0.680. The first kappa shape index (κ1) is 22.8. The molecule has 0 radical (unpaired) electrons. The third-order valence-corrected chi connectivity index (χ3v) is 7.12. The average molecular weight is 446 g/mol. The number of carbonyl (C=O) groups is 2. The van der Waals surface area contributed by atoms with Crippen LogP contribution < -0.4 is 15.4 Å². The normalized spacial score (nSPS) is 18.1. The van der Waals surface area contributed by atoms with Gasteiger partial charge in [-0.15, -0.1) is 0 Å². The molecule has 1 heterocycles. The van der Waals surface area contributed by atoms with Crippen molar-refractivity contribution >= 4 is 27.5 Å². The van der Waals surface area contributed by atoms with Crippen molar-refractivity contribution in [2.24, 2.45) is 5.92 Å². The van der Waals surface area contributed by atoms with E-state index in [1.54, 1.807) is 68.6 Å². The van der Waals surface area contributed by atoms with Crippen LogP contribution in [0.4, 0.5) is 5.69 Å². The summed E-state index contributed by atoms with van der Waals surface area (Å²) in [6, 6.07) is 14.3. The van der Waals surface area contributed by atoms with Crippen LogP contribution in [-0.4, -0.2) is 50.8 Å². The van der Waals surface area contributed by atoms with Gasteiger partial charge in [0.1, 0.15) is 11.8 Å². The van der Waals surface area contributed by atoms with E-state index in [1.807, 2.05) is 0 Å². The number of sulfonamides is 1. The van der Waals surface area contributed by atoms with Gasteiger partial charge in [0.2, 0.25) is 21.8 Å². The van der Waals surface area contributed by atoms with Gasteiger partial charge >= 0.3 is 0 Å². The van der Waals surface area contributed by atoms with Crippen LogP contribution in [0.15, 0.2) is 59.5 Å². The van der Waals surface area contributed by atoms with Gasteiger partial charge in [-0.2, -0.15) is 4.31 Å². The largest absolute Gasteiger partial charge is 0.497 e. The summed E-state index contributed by atoms with van der Waals surface area (Å²) in [5.74, 6) is -0.524. The lowest BCUT2D eigenvalue weighted by Crippen LogP contribution is -2.49. The van der Waals surface area contributed by atoms with Crippen LogP contribution in [0, 0.1) is 5.92 Å². The first-order chi connectivity index (χ1) is 14.8. The number of carbonyl (C=O) groups excluding carboxylic acids is 2. The molecule has 1 saturated heterocycles. The van der Waals surface area contributed by atoms with Crippen molar-refractivity contribution in [1.82, 2.24) is 9.62 Å². The molecule has 2 aromatic carbocycles. The summed E-state index contributed by atoms with van der Waals surface area (Å²) in [5, 5.41) is 5.45. The molecule has 2 unspecified atom stereocenters. The van der Waals surface area contributed by atoms with Crippen LogP contribution in [0.25, 0.3) is 0 Å². The number of hydrogen-bond acceptors (Lipinski definition) is 5. The van der Waals surface area contributed by atoms with E-state index in [0.717, 1.165) is 0 Å². The Morgan fingerprint density at radius 1 is 1.10 bits per heavy atom. The first-order valence-electron chi connectivity index (χ1n) is 10.1. The van der Waals surface area contributed by atoms with Gasteiger partial charge in [0.25, 0.3) is 0 Å². The maximum atomic E-state index is 12.9. The number of methoxy groups -OCH3 is 1. The number of hydrogen-bond donors (Lipinski definition) is 2. The number of nitrogens with one attached hydrogen (secondary N) is 2. The van der Waals surface area contributed by atoms with E-state index in [-0.39, 0.29) is 23.3 Å². The molecule has 0 aliphatic carbocycles. The van der Waals surface area contributed by atoms with Crippen LogP contribution in [0.3, 0.4) is 0 Å². The van der Waals surface area contributed by atoms with Gasteiger partial charge in [-0.1, -0.05) is 18.2 Å². The molecule has 0 spiro atoms. The van der Waals surface area contributed by atoms with Crippen molar-refractivity contribution in [2.75, 3.05) is 25.5 Å². The zero-order chi connectivity index (χ0) is 22.4. The van der Waals surface area contributed by atoms with Crippen LogP contribution in [0.5, 0.6) is 5.75 Å². The SMILES string of the molecule is COc1ccc(NC(=O)C(C)NC(=O)C2CCCN(S(=O)(=O)c3ccccc3)C2)cc1. The predicted molar refractivity (Wildman–Crippen MR) is 117 cm³/mol. The van der Waals surface area contributed by atoms with Crippen molar-refractivity contribution in [3.05, 3.63) is 54.6 Å². The summed E-state index contributed by atoms with van der Waals surface area (Å²) >= 11 is 0. The van der Waals surface area contributed by atoms with Crippen LogP contribution in [0.2, 0.25) is 0 Å². The molecule has 9 heteroatoms. The molecular weight excluding hydrogens is 418 g/mol. The Morgan fingerprint density at radius 3 is 2.42 bits per heavy atom. The predicted octanol–water partition coefficient (Wildman–Crippen LogP) is 2.24. The summed E-state index contributed by atoms with van der Waals surface area (Å²) in [7, 11) is -2.10. The van der Waals surface area contributed by atoms with Crippen molar-refractivity contribution in [1.29, 1.82) is 0 Å². The van der Waals surface area contributed by atoms with Crippen LogP contribution in [-0.2, 0) is 19.6 Å². The monoisotopic (exact) mass is 445 g/mol. The highest BCUT2D eigenvalue weighted by atomic mass is 32.2. The van der Waals surface area contributed by atoms with E-state index in [9.17, 15) is 18.0 Å². The molecule has 1 fully saturated rings. The Bertz CT molecular complexity index is 1010. The van der Waals surface area contributed by atoms with E-state index in [4.69, 9.17) is 4.74 Å². The molecule has 2 N–H and O–H groups in total. The fourth-order valence-electron chi connectivity index (χ4n) is 3.44. The zero-order valence-electron chi connectivity index (χ0n) is 17.6. The third-order valence-electron chi connectivity index (χ3n) is 5.25. The average Bonchev–Trinajstić information content (AvgIpc) is 2.80. The van der Waals surface area contributed by atoms with Gasteiger partial charge in [-0.05, 0) is 56.2 Å². The topological polar surface area (TPSA) is 105 Å². The van der Waals surface area contributed by atoms with Gasteiger partial charge in [-0.25, -0.2) is 8.42 Å². The maximum Gasteiger partial charge on any atom is 0.246 e. The minimum atomic E-state index is -3.66. The molecule has 0 bridgehead atoms. The standard InChI is InChI=1S/C22H27N3O5S/c1-16(21(26)24-18-10-12-19(30-2)13-11-18)23-22(27)17-7-6-14-25(15-17)31(28,29)20-8-4-3-5-9-20/h3-5,8-13,16-17H,6-7,14-15H2,1-2H3,(H,23,27)(H,24,26). The number of benzene rings is 2. The molecule has 166 valence electrons. The molecule has 8 nitrogen and oxygen atoms in total. The maximum absolute atomic E-state index is 12.9. The number of rotatable bonds is 7. The smallest absolute Gasteiger partial charge is 0.246 e. The van der Waals surface area contributed by atoms with E-state index in [1.165, 1.54) is 4.31 Å². The van der Waals surface area contributed by atoms with Gasteiger partial charge in [0.05, 0.1) is 17.9 Å². The molecule has 2 amide bonds. The minimum Gasteiger partial charge on any atom is -0.497 e. The second-order valence-electron chi connectivity index (χ2n) is 7.46. The van der Waals surface area contributed by atoms with E-state index in [0.29, 0.717) is 30.8 Å². The van der Waals surface area contributed by atoms with Crippen LogP contribution in [0.1, 0.15) is 19.8 Å². The van der Waals surface area contributed by atoms with Crippen molar-refractivity contribution in [2.45, 2.75) is 30.7 Å². The van der Waals surface area contributed by atoms with Gasteiger partial charge in [0.15, 0.2) is 0 Å². The van der Waals surface area contributed by atoms with Crippen LogP contribution >= 0.6 is 0 Å². The molecule has 0 saturated carbocycles. The second-order valence-corrected chi connectivity index (χ2v) is 9.40. The molecule has 2 atom stereocenters. The second kappa shape index (κ2) is 9.93. The van der Waals surface area contributed by atoms with E-state index in [2.05, 4.69) is 10.6 Å². The Balaban J connectivity index is 1.58. The highest BCUT2D eigenvalue weighted by Gasteiger charge is 2.34. The molecule has 3 rings (SSSR count). The fraction of sp³-hybridized carbons (Fsp3) is 0.364. The van der Waals surface area contributed by atoms with Gasteiger partial charge in [-0.3, -0.25) is 9.59 Å². The van der Waals surface area contributed by atoms with E-state index >= 15 is 0 Å². The Kier molecular flexibility index (Phi) is 7.29. The lowest BCUT2D eigenvalue weighted by Gasteiger charge is -2.31. The van der Waals surface area contributed by atoms with Crippen molar-refractivity contribution in [3.63, 3.8) is 0 Å². The molecular formula is C22H27N3O5S. The Morgan fingerprint density at radius 2 is 1.77 bits per heavy atom. The minimum absolute atomic E-state index is 0.0931. The zero-order valence-corrected chi connectivity index (χ0v) is 18.4. The third kappa shape index (κ3) is 5.62. The van der Waals surface area contributed by atoms with Crippen molar-refractivity contribution in [3.8, 4) is 5.75 Å². The molecule has 31 heavy (non-hydrogen) atoms. The number of amides is 2. The highest BCUT2D eigenvalue weighted by Crippen LogP contribution is 2.24.